The molecule has 0 spiro atoms. The summed E-state index contributed by atoms with van der Waals surface area (Å²) in [6.45, 7) is 0.287. The number of halogens is 1. The van der Waals surface area contributed by atoms with Crippen molar-refractivity contribution in [1.29, 1.82) is 0 Å². The van der Waals surface area contributed by atoms with Crippen molar-refractivity contribution in [1.82, 2.24) is 5.32 Å². The van der Waals surface area contributed by atoms with Crippen LogP contribution >= 0.6 is 11.3 Å². The van der Waals surface area contributed by atoms with Gasteiger partial charge in [0.15, 0.2) is 6.29 Å². The summed E-state index contributed by atoms with van der Waals surface area (Å²) in [6.07, 6.45) is 0.657. The van der Waals surface area contributed by atoms with E-state index >= 15 is 0 Å². The Balaban J connectivity index is 1.80. The van der Waals surface area contributed by atoms with Gasteiger partial charge in [-0.2, -0.15) is 0 Å². The van der Waals surface area contributed by atoms with Crippen LogP contribution in [-0.2, 0) is 6.54 Å². The highest BCUT2D eigenvalue weighted by atomic mass is 32.1. The topological polar surface area (TPSA) is 46.2 Å². The summed E-state index contributed by atoms with van der Waals surface area (Å²) in [6, 6.07) is 11.2. The van der Waals surface area contributed by atoms with E-state index in [1.807, 2.05) is 5.38 Å². The Morgan fingerprint density at radius 2 is 2.05 bits per heavy atom. The highest BCUT2D eigenvalue weighted by Gasteiger charge is 2.11. The van der Waals surface area contributed by atoms with Crippen LogP contribution in [0.4, 0.5) is 4.39 Å². The first-order chi connectivity index (χ1) is 10.7. The number of nitrogens with one attached hydrogen (secondary N) is 1. The fraction of sp³-hybridized carbons (Fsp3) is 0.0588. The van der Waals surface area contributed by atoms with Crippen molar-refractivity contribution in [2.45, 2.75) is 6.54 Å². The smallest absolute Gasteiger partial charge is 0.252 e. The van der Waals surface area contributed by atoms with E-state index in [0.29, 0.717) is 17.4 Å². The third-order valence-corrected chi connectivity index (χ3v) is 4.40. The highest BCUT2D eigenvalue weighted by molar-refractivity contribution is 7.17. The predicted molar refractivity (Wildman–Crippen MR) is 84.8 cm³/mol. The van der Waals surface area contributed by atoms with Gasteiger partial charge in [-0.15, -0.1) is 11.3 Å². The van der Waals surface area contributed by atoms with Crippen LogP contribution in [0.2, 0.25) is 0 Å². The quantitative estimate of drug-likeness (QED) is 0.745. The Kier molecular flexibility index (Phi) is 3.98. The lowest BCUT2D eigenvalue weighted by Crippen LogP contribution is -2.23. The fourth-order valence-electron chi connectivity index (χ4n) is 2.27. The van der Waals surface area contributed by atoms with Crippen molar-refractivity contribution in [3.63, 3.8) is 0 Å². The number of hydrogen-bond donors (Lipinski definition) is 1. The van der Waals surface area contributed by atoms with Crippen LogP contribution < -0.4 is 5.32 Å². The van der Waals surface area contributed by atoms with Gasteiger partial charge in [-0.25, -0.2) is 4.39 Å². The third-order valence-electron chi connectivity index (χ3n) is 3.39. The van der Waals surface area contributed by atoms with Crippen LogP contribution in [0.1, 0.15) is 26.3 Å². The minimum absolute atomic E-state index is 0.287. The minimum Gasteiger partial charge on any atom is -0.348 e. The van der Waals surface area contributed by atoms with Gasteiger partial charge in [0.05, 0.1) is 0 Å². The van der Waals surface area contributed by atoms with E-state index in [1.165, 1.54) is 23.5 Å². The molecule has 1 amide bonds. The van der Waals surface area contributed by atoms with Crippen LogP contribution in [0.25, 0.3) is 10.1 Å². The molecule has 0 atom stereocenters. The lowest BCUT2D eigenvalue weighted by atomic mass is 10.1. The molecule has 22 heavy (non-hydrogen) atoms. The molecule has 3 rings (SSSR count). The van der Waals surface area contributed by atoms with E-state index in [-0.39, 0.29) is 18.3 Å². The van der Waals surface area contributed by atoms with E-state index in [2.05, 4.69) is 5.32 Å². The third kappa shape index (κ3) is 2.76. The number of hydrogen-bond acceptors (Lipinski definition) is 3. The molecular weight excluding hydrogens is 301 g/mol. The number of amides is 1. The number of carbonyl (C=O) groups is 2. The molecule has 1 heterocycles. The lowest BCUT2D eigenvalue weighted by Gasteiger charge is -2.06. The SMILES string of the molecule is O=Cc1ccccc1C(=O)NCc1csc2ccc(F)cc12. The van der Waals surface area contributed by atoms with E-state index in [1.54, 1.807) is 30.3 Å². The maximum Gasteiger partial charge on any atom is 0.252 e. The normalized spacial score (nSPS) is 10.6. The Labute approximate surface area is 130 Å². The van der Waals surface area contributed by atoms with Gasteiger partial charge in [0.1, 0.15) is 5.82 Å². The van der Waals surface area contributed by atoms with Gasteiger partial charge >= 0.3 is 0 Å². The van der Waals surface area contributed by atoms with E-state index in [9.17, 15) is 14.0 Å². The summed E-state index contributed by atoms with van der Waals surface area (Å²) in [5, 5.41) is 5.47. The maximum atomic E-state index is 13.3. The molecule has 0 aliphatic heterocycles. The van der Waals surface area contributed by atoms with Crippen LogP contribution in [0.15, 0.2) is 47.8 Å². The van der Waals surface area contributed by atoms with Gasteiger partial charge in [-0.1, -0.05) is 18.2 Å². The van der Waals surface area contributed by atoms with Crippen molar-refractivity contribution in [2.75, 3.05) is 0 Å². The zero-order chi connectivity index (χ0) is 15.5. The Hall–Kier alpha value is -2.53. The maximum absolute atomic E-state index is 13.3. The molecule has 0 saturated heterocycles. The second kappa shape index (κ2) is 6.07. The number of rotatable bonds is 4. The van der Waals surface area contributed by atoms with Crippen molar-refractivity contribution >= 4 is 33.6 Å². The number of fused-ring (bicyclic) bond motifs is 1. The summed E-state index contributed by atoms with van der Waals surface area (Å²) in [7, 11) is 0. The number of thiophene rings is 1. The molecule has 0 aliphatic carbocycles. The van der Waals surface area contributed by atoms with Gasteiger partial charge < -0.3 is 5.32 Å². The molecule has 0 saturated carbocycles. The van der Waals surface area contributed by atoms with Crippen molar-refractivity contribution in [2.24, 2.45) is 0 Å². The molecule has 3 aromatic rings. The van der Waals surface area contributed by atoms with Gasteiger partial charge in [0.25, 0.3) is 5.91 Å². The van der Waals surface area contributed by atoms with Crippen LogP contribution in [-0.4, -0.2) is 12.2 Å². The van der Waals surface area contributed by atoms with E-state index < -0.39 is 0 Å². The Morgan fingerprint density at radius 3 is 2.86 bits per heavy atom. The number of benzene rings is 2. The summed E-state index contributed by atoms with van der Waals surface area (Å²) in [4.78, 5) is 23.1. The average Bonchev–Trinajstić information content (AvgIpc) is 2.94. The molecule has 0 bridgehead atoms. The van der Waals surface area contributed by atoms with E-state index in [0.717, 1.165) is 15.6 Å². The fourth-order valence-corrected chi connectivity index (χ4v) is 3.21. The second-order valence-electron chi connectivity index (χ2n) is 4.79. The van der Waals surface area contributed by atoms with Gasteiger partial charge in [-0.05, 0) is 35.2 Å². The first kappa shape index (κ1) is 14.4. The molecule has 1 aromatic heterocycles. The Bertz CT molecular complexity index is 857. The van der Waals surface area contributed by atoms with Crippen LogP contribution in [0, 0.1) is 5.82 Å². The standard InChI is InChI=1S/C17H12FNO2S/c18-13-5-6-16-15(7-13)12(10-22-16)8-19-17(21)14-4-2-1-3-11(14)9-20/h1-7,9-10H,8H2,(H,19,21). The lowest BCUT2D eigenvalue weighted by molar-refractivity contribution is 0.0945. The van der Waals surface area contributed by atoms with E-state index in [4.69, 9.17) is 0 Å². The number of carbonyl (C=O) groups excluding carboxylic acids is 2. The molecule has 1 N–H and O–H groups in total. The summed E-state index contributed by atoms with van der Waals surface area (Å²) >= 11 is 1.50. The van der Waals surface area contributed by atoms with Crippen molar-refractivity contribution in [3.05, 3.63) is 70.4 Å². The molecule has 0 fully saturated rings. The molecular formula is C17H12FNO2S. The highest BCUT2D eigenvalue weighted by Crippen LogP contribution is 2.26. The second-order valence-corrected chi connectivity index (χ2v) is 5.70. The van der Waals surface area contributed by atoms with Crippen LogP contribution in [0.5, 0.6) is 0 Å². The summed E-state index contributed by atoms with van der Waals surface area (Å²) < 4.78 is 14.3. The predicted octanol–water partition coefficient (Wildman–Crippen LogP) is 3.78. The first-order valence-electron chi connectivity index (χ1n) is 6.67. The van der Waals surface area contributed by atoms with Crippen molar-refractivity contribution in [3.8, 4) is 0 Å². The van der Waals surface area contributed by atoms with Crippen molar-refractivity contribution < 1.29 is 14.0 Å². The van der Waals surface area contributed by atoms with Gasteiger partial charge in [0, 0.05) is 27.8 Å². The largest absolute Gasteiger partial charge is 0.348 e. The van der Waals surface area contributed by atoms with Crippen LogP contribution in [0.3, 0.4) is 0 Å². The zero-order valence-corrected chi connectivity index (χ0v) is 12.3. The average molecular weight is 313 g/mol. The minimum atomic E-state index is -0.321. The molecule has 3 nitrogen and oxygen atoms in total. The monoisotopic (exact) mass is 313 g/mol. The number of aldehydes is 1. The first-order valence-corrected chi connectivity index (χ1v) is 7.55. The summed E-state index contributed by atoms with van der Waals surface area (Å²) in [5.74, 6) is -0.622. The zero-order valence-electron chi connectivity index (χ0n) is 11.5. The van der Waals surface area contributed by atoms with Gasteiger partial charge in [0.2, 0.25) is 0 Å². The molecule has 0 aliphatic rings. The molecule has 0 unspecified atom stereocenters. The Morgan fingerprint density at radius 1 is 1.23 bits per heavy atom. The summed E-state index contributed by atoms with van der Waals surface area (Å²) in [5.41, 5.74) is 1.54. The van der Waals surface area contributed by atoms with Gasteiger partial charge in [-0.3, -0.25) is 9.59 Å². The molecule has 0 radical (unpaired) electrons. The molecule has 5 heteroatoms. The molecule has 110 valence electrons. The molecule has 2 aromatic carbocycles.